The highest BCUT2D eigenvalue weighted by Gasteiger charge is 2.23. The average molecular weight is 264 g/mol. The Morgan fingerprint density at radius 3 is 2.50 bits per heavy atom. The van der Waals surface area contributed by atoms with Crippen LogP contribution in [0.1, 0.15) is 32.1 Å². The Morgan fingerprint density at radius 1 is 1.36 bits per heavy atom. The van der Waals surface area contributed by atoms with Crippen LogP contribution in [0.4, 0.5) is 0 Å². The fraction of sp³-hybridized carbons (Fsp3) is 0.900. The summed E-state index contributed by atoms with van der Waals surface area (Å²) in [7, 11) is 0. The number of hydrogen-bond donors (Lipinski definition) is 1. The molecule has 1 aliphatic carbocycles. The molecule has 0 aliphatic heterocycles. The highest BCUT2D eigenvalue weighted by Crippen LogP contribution is 2.22. The van der Waals surface area contributed by atoms with E-state index in [1.807, 2.05) is 4.90 Å². The molecule has 82 valence electrons. The number of rotatable bonds is 4. The van der Waals surface area contributed by atoms with Crippen LogP contribution in [0.25, 0.3) is 0 Å². The Bertz CT molecular complexity index is 181. The molecule has 1 saturated carbocycles. The molecule has 0 saturated heterocycles. The van der Waals surface area contributed by atoms with Gasteiger partial charge in [-0.1, -0.05) is 35.2 Å². The van der Waals surface area contributed by atoms with Gasteiger partial charge in [-0.05, 0) is 12.8 Å². The Labute approximate surface area is 93.6 Å². The van der Waals surface area contributed by atoms with E-state index in [1.165, 1.54) is 19.3 Å². The quantitative estimate of drug-likeness (QED) is 0.782. The topological polar surface area (TPSA) is 40.5 Å². The third kappa shape index (κ3) is 3.24. The Morgan fingerprint density at radius 2 is 2.00 bits per heavy atom. The summed E-state index contributed by atoms with van der Waals surface area (Å²) in [5, 5.41) is 9.27. The molecule has 0 aromatic rings. The van der Waals surface area contributed by atoms with Gasteiger partial charge in [-0.2, -0.15) is 0 Å². The van der Waals surface area contributed by atoms with Crippen LogP contribution in [0.2, 0.25) is 0 Å². The maximum Gasteiger partial charge on any atom is 0.233 e. The molecule has 1 fully saturated rings. The number of nitrogens with zero attached hydrogens (tertiary/aromatic N) is 1. The number of aliphatic hydroxyl groups excluding tert-OH is 1. The molecular formula is C10H18BrNO2. The van der Waals surface area contributed by atoms with Gasteiger partial charge >= 0.3 is 0 Å². The van der Waals surface area contributed by atoms with Gasteiger partial charge in [-0.15, -0.1) is 0 Å². The van der Waals surface area contributed by atoms with Gasteiger partial charge in [0, 0.05) is 12.6 Å². The van der Waals surface area contributed by atoms with Crippen LogP contribution in [0.5, 0.6) is 0 Å². The standard InChI is InChI=1S/C10H18BrNO2/c11-8-10(14)12(6-7-13)9-4-2-1-3-5-9/h9,13H,1-8H2. The normalized spacial score (nSPS) is 18.1. The molecule has 0 spiro atoms. The molecule has 0 atom stereocenters. The second-order valence-electron chi connectivity index (χ2n) is 3.74. The van der Waals surface area contributed by atoms with E-state index in [0.29, 0.717) is 17.9 Å². The van der Waals surface area contributed by atoms with E-state index in [9.17, 15) is 4.79 Å². The minimum absolute atomic E-state index is 0.0647. The Kier molecular flexibility index (Phi) is 5.48. The summed E-state index contributed by atoms with van der Waals surface area (Å²) in [5.41, 5.74) is 0. The van der Waals surface area contributed by atoms with Crippen LogP contribution in [-0.2, 0) is 4.79 Å². The average Bonchev–Trinajstić information content (AvgIpc) is 2.26. The molecule has 4 heteroatoms. The van der Waals surface area contributed by atoms with Crippen molar-refractivity contribution >= 4 is 21.8 Å². The summed E-state index contributed by atoms with van der Waals surface area (Å²) in [5.74, 6) is 0.103. The van der Waals surface area contributed by atoms with E-state index >= 15 is 0 Å². The molecule has 14 heavy (non-hydrogen) atoms. The summed E-state index contributed by atoms with van der Waals surface area (Å²) in [6.45, 7) is 0.546. The van der Waals surface area contributed by atoms with Gasteiger partial charge < -0.3 is 10.0 Å². The number of alkyl halides is 1. The highest BCUT2D eigenvalue weighted by atomic mass is 79.9. The zero-order valence-corrected chi connectivity index (χ0v) is 10.0. The van der Waals surface area contributed by atoms with Gasteiger partial charge in [-0.25, -0.2) is 0 Å². The molecule has 1 rings (SSSR count). The molecule has 0 aromatic carbocycles. The second-order valence-corrected chi connectivity index (χ2v) is 4.30. The first-order valence-electron chi connectivity index (χ1n) is 5.26. The van der Waals surface area contributed by atoms with E-state index in [2.05, 4.69) is 15.9 Å². The Hall–Kier alpha value is -0.0900. The first kappa shape index (κ1) is 12.0. The number of carbonyl (C=O) groups excluding carboxylic acids is 1. The SMILES string of the molecule is O=C(CBr)N(CCO)C1CCCCC1. The van der Waals surface area contributed by atoms with Gasteiger partial charge in [0.1, 0.15) is 0 Å². The van der Waals surface area contributed by atoms with Crippen LogP contribution in [0.3, 0.4) is 0 Å². The lowest BCUT2D eigenvalue weighted by molar-refractivity contribution is -0.131. The van der Waals surface area contributed by atoms with Crippen molar-refractivity contribution < 1.29 is 9.90 Å². The molecule has 0 radical (unpaired) electrons. The summed E-state index contributed by atoms with van der Waals surface area (Å²) >= 11 is 3.18. The van der Waals surface area contributed by atoms with E-state index in [0.717, 1.165) is 12.8 Å². The smallest absolute Gasteiger partial charge is 0.233 e. The zero-order chi connectivity index (χ0) is 10.4. The maximum absolute atomic E-state index is 11.6. The van der Waals surface area contributed by atoms with Crippen LogP contribution in [0.15, 0.2) is 0 Å². The molecule has 1 amide bonds. The van der Waals surface area contributed by atoms with Gasteiger partial charge in [0.15, 0.2) is 0 Å². The van der Waals surface area contributed by atoms with Crippen molar-refractivity contribution in [3.05, 3.63) is 0 Å². The van der Waals surface area contributed by atoms with Crippen molar-refractivity contribution in [2.24, 2.45) is 0 Å². The van der Waals surface area contributed by atoms with E-state index in [-0.39, 0.29) is 12.5 Å². The fourth-order valence-corrected chi connectivity index (χ4v) is 2.41. The van der Waals surface area contributed by atoms with Crippen LogP contribution in [-0.4, -0.2) is 40.4 Å². The lowest BCUT2D eigenvalue weighted by atomic mass is 9.94. The Balaban J connectivity index is 2.50. The number of carbonyl (C=O) groups is 1. The molecule has 0 bridgehead atoms. The third-order valence-corrected chi connectivity index (χ3v) is 3.27. The van der Waals surface area contributed by atoms with Crippen LogP contribution in [0, 0.1) is 0 Å². The molecule has 0 unspecified atom stereocenters. The second kappa shape index (κ2) is 6.40. The summed E-state index contributed by atoms with van der Waals surface area (Å²) < 4.78 is 0. The lowest BCUT2D eigenvalue weighted by Crippen LogP contribution is -2.43. The predicted molar refractivity (Wildman–Crippen MR) is 59.5 cm³/mol. The number of hydrogen-bond acceptors (Lipinski definition) is 2. The summed E-state index contributed by atoms with van der Waals surface area (Å²) in [6, 6.07) is 0.362. The minimum atomic E-state index is 0.0647. The predicted octanol–water partition coefficient (Wildman–Crippen LogP) is 1.53. The first-order valence-corrected chi connectivity index (χ1v) is 6.38. The lowest BCUT2D eigenvalue weighted by Gasteiger charge is -2.33. The molecular weight excluding hydrogens is 246 g/mol. The first-order chi connectivity index (χ1) is 6.79. The van der Waals surface area contributed by atoms with Crippen molar-refractivity contribution in [3.8, 4) is 0 Å². The molecule has 0 heterocycles. The monoisotopic (exact) mass is 263 g/mol. The number of amides is 1. The summed E-state index contributed by atoms with van der Waals surface area (Å²) in [6.07, 6.45) is 5.90. The van der Waals surface area contributed by atoms with Gasteiger partial charge in [0.25, 0.3) is 0 Å². The van der Waals surface area contributed by atoms with Crippen molar-refractivity contribution in [2.75, 3.05) is 18.5 Å². The van der Waals surface area contributed by atoms with Gasteiger partial charge in [0.2, 0.25) is 5.91 Å². The summed E-state index contributed by atoms with van der Waals surface area (Å²) in [4.78, 5) is 13.4. The number of aliphatic hydroxyl groups is 1. The highest BCUT2D eigenvalue weighted by molar-refractivity contribution is 9.09. The zero-order valence-electron chi connectivity index (χ0n) is 8.41. The van der Waals surface area contributed by atoms with Crippen molar-refractivity contribution in [1.82, 2.24) is 4.90 Å². The van der Waals surface area contributed by atoms with E-state index in [4.69, 9.17) is 5.11 Å². The molecule has 3 nitrogen and oxygen atoms in total. The van der Waals surface area contributed by atoms with Crippen LogP contribution >= 0.6 is 15.9 Å². The maximum atomic E-state index is 11.6. The molecule has 1 aliphatic rings. The van der Waals surface area contributed by atoms with Crippen molar-refractivity contribution in [3.63, 3.8) is 0 Å². The number of halogens is 1. The van der Waals surface area contributed by atoms with Crippen molar-refractivity contribution in [2.45, 2.75) is 38.1 Å². The van der Waals surface area contributed by atoms with E-state index < -0.39 is 0 Å². The fourth-order valence-electron chi connectivity index (χ4n) is 2.09. The van der Waals surface area contributed by atoms with Crippen molar-refractivity contribution in [1.29, 1.82) is 0 Å². The molecule has 1 N–H and O–H groups in total. The molecule has 0 aromatic heterocycles. The van der Waals surface area contributed by atoms with E-state index in [1.54, 1.807) is 0 Å². The largest absolute Gasteiger partial charge is 0.395 e. The minimum Gasteiger partial charge on any atom is -0.395 e. The third-order valence-electron chi connectivity index (χ3n) is 2.79. The van der Waals surface area contributed by atoms with Gasteiger partial charge in [0.05, 0.1) is 11.9 Å². The van der Waals surface area contributed by atoms with Crippen LogP contribution < -0.4 is 0 Å². The van der Waals surface area contributed by atoms with Gasteiger partial charge in [-0.3, -0.25) is 4.79 Å².